The summed E-state index contributed by atoms with van der Waals surface area (Å²) in [4.78, 5) is 12.1. The van der Waals surface area contributed by atoms with Crippen LogP contribution in [0.1, 0.15) is 22.3 Å². The molecule has 7 heteroatoms. The predicted molar refractivity (Wildman–Crippen MR) is 92.8 cm³/mol. The molecule has 0 N–H and O–H groups in total. The Bertz CT molecular complexity index is 832. The average molecular weight is 366 g/mol. The minimum absolute atomic E-state index is 0.151. The van der Waals surface area contributed by atoms with Gasteiger partial charge in [-0.2, -0.15) is 0 Å². The lowest BCUT2D eigenvalue weighted by molar-refractivity contribution is 0.0473. The first-order valence-corrected chi connectivity index (χ1v) is 9.46. The van der Waals surface area contributed by atoms with Gasteiger partial charge in [0.1, 0.15) is 6.61 Å². The van der Waals surface area contributed by atoms with E-state index in [4.69, 9.17) is 16.3 Å². The highest BCUT2D eigenvalue weighted by atomic mass is 35.5. The molecule has 1 aliphatic rings. The molecule has 1 heterocycles. The monoisotopic (exact) mass is 365 g/mol. The van der Waals surface area contributed by atoms with Crippen LogP contribution in [-0.2, 0) is 21.4 Å². The van der Waals surface area contributed by atoms with Gasteiger partial charge >= 0.3 is 5.97 Å². The van der Waals surface area contributed by atoms with E-state index in [9.17, 15) is 13.2 Å². The van der Waals surface area contributed by atoms with Crippen LogP contribution in [0.15, 0.2) is 48.5 Å². The Morgan fingerprint density at radius 1 is 1.08 bits per heavy atom. The summed E-state index contributed by atoms with van der Waals surface area (Å²) >= 11 is 5.80. The molecular weight excluding hydrogens is 350 g/mol. The van der Waals surface area contributed by atoms with Crippen LogP contribution in [0, 0.1) is 0 Å². The van der Waals surface area contributed by atoms with Crippen LogP contribution in [-0.4, -0.2) is 26.7 Å². The van der Waals surface area contributed by atoms with Crippen LogP contribution in [0.4, 0.5) is 5.69 Å². The quantitative estimate of drug-likeness (QED) is 0.780. The standard InChI is InChI=1S/C17H16ClNO4S/c18-15-6-2-13(3-7-15)12-23-17(20)14-4-8-16(9-5-14)19-10-1-11-24(19,21)22/h2-9H,1,10-12H2. The largest absolute Gasteiger partial charge is 0.457 e. The Balaban J connectivity index is 1.64. The molecule has 1 aliphatic heterocycles. The van der Waals surface area contributed by atoms with E-state index in [0.717, 1.165) is 5.56 Å². The summed E-state index contributed by atoms with van der Waals surface area (Å²) in [5, 5.41) is 0.623. The smallest absolute Gasteiger partial charge is 0.338 e. The summed E-state index contributed by atoms with van der Waals surface area (Å²) in [5.41, 5.74) is 1.79. The van der Waals surface area contributed by atoms with Crippen molar-refractivity contribution in [2.45, 2.75) is 13.0 Å². The van der Waals surface area contributed by atoms with Gasteiger partial charge in [-0.3, -0.25) is 4.31 Å². The van der Waals surface area contributed by atoms with Gasteiger partial charge in [0.15, 0.2) is 0 Å². The molecule has 3 rings (SSSR count). The summed E-state index contributed by atoms with van der Waals surface area (Å²) in [6.07, 6.45) is 0.618. The van der Waals surface area contributed by atoms with Gasteiger partial charge < -0.3 is 4.74 Å². The first-order valence-electron chi connectivity index (χ1n) is 7.48. The fourth-order valence-electron chi connectivity index (χ4n) is 2.51. The van der Waals surface area contributed by atoms with Gasteiger partial charge in [0.25, 0.3) is 0 Å². The lowest BCUT2D eigenvalue weighted by Gasteiger charge is -2.16. The number of nitrogens with zero attached hydrogens (tertiary/aromatic N) is 1. The molecule has 0 unspecified atom stereocenters. The summed E-state index contributed by atoms with van der Waals surface area (Å²) in [6, 6.07) is 13.4. The number of carbonyl (C=O) groups excluding carboxylic acids is 1. The molecule has 1 fully saturated rings. The average Bonchev–Trinajstić information content (AvgIpc) is 2.93. The van der Waals surface area contributed by atoms with Crippen molar-refractivity contribution in [2.75, 3.05) is 16.6 Å². The Labute approximate surface area is 145 Å². The molecule has 0 aromatic heterocycles. The fraction of sp³-hybridized carbons (Fsp3) is 0.235. The van der Waals surface area contributed by atoms with Crippen LogP contribution in [0.5, 0.6) is 0 Å². The topological polar surface area (TPSA) is 63.7 Å². The van der Waals surface area contributed by atoms with Crippen LogP contribution < -0.4 is 4.31 Å². The number of carbonyl (C=O) groups is 1. The number of benzene rings is 2. The van der Waals surface area contributed by atoms with Gasteiger partial charge in [-0.1, -0.05) is 23.7 Å². The minimum Gasteiger partial charge on any atom is -0.457 e. The zero-order valence-electron chi connectivity index (χ0n) is 12.8. The van der Waals surface area contributed by atoms with E-state index >= 15 is 0 Å². The maximum absolute atomic E-state index is 12.1. The van der Waals surface area contributed by atoms with Crippen molar-refractivity contribution >= 4 is 33.3 Å². The van der Waals surface area contributed by atoms with Gasteiger partial charge in [-0.25, -0.2) is 13.2 Å². The number of anilines is 1. The second-order valence-electron chi connectivity index (χ2n) is 5.49. The van der Waals surface area contributed by atoms with E-state index in [1.54, 1.807) is 48.5 Å². The maximum Gasteiger partial charge on any atom is 0.338 e. The van der Waals surface area contributed by atoms with E-state index in [0.29, 0.717) is 29.2 Å². The molecule has 24 heavy (non-hydrogen) atoms. The number of ether oxygens (including phenoxy) is 1. The summed E-state index contributed by atoms with van der Waals surface area (Å²) in [7, 11) is -3.22. The third-order valence-corrected chi connectivity index (χ3v) is 5.89. The number of halogens is 1. The highest BCUT2D eigenvalue weighted by Gasteiger charge is 2.28. The molecule has 0 radical (unpaired) electrons. The van der Waals surface area contributed by atoms with Crippen molar-refractivity contribution in [2.24, 2.45) is 0 Å². The normalized spacial score (nSPS) is 16.1. The van der Waals surface area contributed by atoms with E-state index in [-0.39, 0.29) is 12.4 Å². The zero-order chi connectivity index (χ0) is 17.2. The van der Waals surface area contributed by atoms with Crippen LogP contribution >= 0.6 is 11.6 Å². The molecular formula is C17H16ClNO4S. The molecule has 2 aromatic carbocycles. The molecule has 126 valence electrons. The molecule has 0 spiro atoms. The minimum atomic E-state index is -3.22. The van der Waals surface area contributed by atoms with Crippen LogP contribution in [0.25, 0.3) is 0 Å². The SMILES string of the molecule is O=C(OCc1ccc(Cl)cc1)c1ccc(N2CCCS2(=O)=O)cc1. The Kier molecular flexibility index (Phi) is 4.78. The van der Waals surface area contributed by atoms with Gasteiger partial charge in [-0.05, 0) is 48.4 Å². The number of esters is 1. The summed E-state index contributed by atoms with van der Waals surface area (Å²) in [5.74, 6) is -0.293. The predicted octanol–water partition coefficient (Wildman–Crippen LogP) is 3.24. The molecule has 0 bridgehead atoms. The van der Waals surface area contributed by atoms with Crippen molar-refractivity contribution < 1.29 is 17.9 Å². The fourth-order valence-corrected chi connectivity index (χ4v) is 4.20. The Morgan fingerprint density at radius 2 is 1.75 bits per heavy atom. The van der Waals surface area contributed by atoms with Gasteiger partial charge in [-0.15, -0.1) is 0 Å². The highest BCUT2D eigenvalue weighted by Crippen LogP contribution is 2.24. The van der Waals surface area contributed by atoms with E-state index in [1.165, 1.54) is 4.31 Å². The third-order valence-electron chi connectivity index (χ3n) is 3.77. The van der Waals surface area contributed by atoms with Crippen LogP contribution in [0.3, 0.4) is 0 Å². The zero-order valence-corrected chi connectivity index (χ0v) is 14.4. The van der Waals surface area contributed by atoms with E-state index < -0.39 is 16.0 Å². The van der Waals surface area contributed by atoms with Gasteiger partial charge in [0.05, 0.1) is 17.0 Å². The Hall–Kier alpha value is -2.05. The van der Waals surface area contributed by atoms with E-state index in [2.05, 4.69) is 0 Å². The maximum atomic E-state index is 12.1. The van der Waals surface area contributed by atoms with Crippen molar-refractivity contribution in [3.8, 4) is 0 Å². The molecule has 0 saturated carbocycles. The van der Waals surface area contributed by atoms with Gasteiger partial charge in [0, 0.05) is 11.6 Å². The molecule has 0 aliphatic carbocycles. The molecule has 0 atom stereocenters. The van der Waals surface area contributed by atoms with E-state index in [1.807, 2.05) is 0 Å². The van der Waals surface area contributed by atoms with Crippen LogP contribution in [0.2, 0.25) is 5.02 Å². The number of hydrogen-bond donors (Lipinski definition) is 0. The molecule has 0 amide bonds. The third kappa shape index (κ3) is 3.71. The first-order chi connectivity index (χ1) is 11.5. The molecule has 2 aromatic rings. The lowest BCUT2D eigenvalue weighted by Crippen LogP contribution is -2.25. The van der Waals surface area contributed by atoms with Crippen molar-refractivity contribution in [1.29, 1.82) is 0 Å². The Morgan fingerprint density at radius 3 is 2.33 bits per heavy atom. The van der Waals surface area contributed by atoms with Crippen molar-refractivity contribution in [3.63, 3.8) is 0 Å². The van der Waals surface area contributed by atoms with Crippen molar-refractivity contribution in [3.05, 3.63) is 64.7 Å². The van der Waals surface area contributed by atoms with Crippen molar-refractivity contribution in [1.82, 2.24) is 0 Å². The number of rotatable bonds is 4. The number of hydrogen-bond acceptors (Lipinski definition) is 4. The van der Waals surface area contributed by atoms with Gasteiger partial charge in [0.2, 0.25) is 10.0 Å². The number of sulfonamides is 1. The summed E-state index contributed by atoms with van der Waals surface area (Å²) < 4.78 is 30.4. The molecule has 5 nitrogen and oxygen atoms in total. The summed E-state index contributed by atoms with van der Waals surface area (Å²) in [6.45, 7) is 0.626. The molecule has 1 saturated heterocycles. The highest BCUT2D eigenvalue weighted by molar-refractivity contribution is 7.93. The first kappa shape index (κ1) is 16.8. The second kappa shape index (κ2) is 6.83. The second-order valence-corrected chi connectivity index (χ2v) is 7.94. The lowest BCUT2D eigenvalue weighted by atomic mass is 10.2.